The van der Waals surface area contributed by atoms with E-state index in [1.54, 1.807) is 24.3 Å². The third-order valence-electron chi connectivity index (χ3n) is 2.19. The van der Waals surface area contributed by atoms with E-state index in [0.717, 1.165) is 0 Å². The molecule has 0 unspecified atom stereocenters. The fourth-order valence-corrected chi connectivity index (χ4v) is 1.36. The van der Waals surface area contributed by atoms with E-state index >= 15 is 0 Å². The Morgan fingerprint density at radius 1 is 1.29 bits per heavy atom. The summed E-state index contributed by atoms with van der Waals surface area (Å²) in [5.74, 6) is -0.426. The summed E-state index contributed by atoms with van der Waals surface area (Å²) in [5, 5.41) is 11.9. The first-order chi connectivity index (χ1) is 8.16. The molecule has 4 N–H and O–H groups in total. The summed E-state index contributed by atoms with van der Waals surface area (Å²) in [6.45, 7) is 0. The summed E-state index contributed by atoms with van der Waals surface area (Å²) in [6, 6.07) is 8.27. The number of carbonyl (C=O) groups is 1. The van der Waals surface area contributed by atoms with Gasteiger partial charge in [-0.05, 0) is 18.2 Å². The molecule has 2 rings (SSSR count). The number of nitrogens with two attached hydrogens (primary N) is 1. The van der Waals surface area contributed by atoms with Gasteiger partial charge in [-0.3, -0.25) is 9.78 Å². The smallest absolute Gasteiger partial charge is 0.257 e. The fourth-order valence-electron chi connectivity index (χ4n) is 1.36. The molecule has 0 saturated carbocycles. The third-order valence-corrected chi connectivity index (χ3v) is 2.19. The van der Waals surface area contributed by atoms with E-state index in [1.165, 1.54) is 18.5 Å². The molecular formula is C12H11N3O2. The SMILES string of the molecule is Nc1ccccc1NC(=O)c1cncc(O)c1. The molecule has 86 valence electrons. The number of benzene rings is 1. The van der Waals surface area contributed by atoms with E-state index in [0.29, 0.717) is 11.4 Å². The summed E-state index contributed by atoms with van der Waals surface area (Å²) in [6.07, 6.45) is 2.63. The van der Waals surface area contributed by atoms with Crippen LogP contribution in [0.3, 0.4) is 0 Å². The van der Waals surface area contributed by atoms with Crippen LogP contribution in [-0.4, -0.2) is 16.0 Å². The third kappa shape index (κ3) is 2.52. The van der Waals surface area contributed by atoms with E-state index < -0.39 is 0 Å². The number of anilines is 2. The number of amides is 1. The van der Waals surface area contributed by atoms with E-state index in [1.807, 2.05) is 0 Å². The lowest BCUT2D eigenvalue weighted by atomic mass is 10.2. The van der Waals surface area contributed by atoms with Crippen molar-refractivity contribution in [2.45, 2.75) is 0 Å². The molecule has 17 heavy (non-hydrogen) atoms. The summed E-state index contributed by atoms with van der Waals surface area (Å²) >= 11 is 0. The van der Waals surface area contributed by atoms with Crippen molar-refractivity contribution >= 4 is 17.3 Å². The lowest BCUT2D eigenvalue weighted by Crippen LogP contribution is -2.13. The topological polar surface area (TPSA) is 88.2 Å². The molecule has 0 fully saturated rings. The minimum absolute atomic E-state index is 0.0568. The maximum Gasteiger partial charge on any atom is 0.257 e. The molecule has 0 bridgehead atoms. The van der Waals surface area contributed by atoms with Gasteiger partial charge >= 0.3 is 0 Å². The van der Waals surface area contributed by atoms with Gasteiger partial charge in [0, 0.05) is 6.20 Å². The Bertz CT molecular complexity index is 555. The van der Waals surface area contributed by atoms with Crippen molar-refractivity contribution in [3.63, 3.8) is 0 Å². The van der Waals surface area contributed by atoms with Gasteiger partial charge in [0.15, 0.2) is 0 Å². The molecule has 2 aromatic rings. The van der Waals surface area contributed by atoms with Crippen LogP contribution in [0.1, 0.15) is 10.4 Å². The van der Waals surface area contributed by atoms with Gasteiger partial charge in [0.1, 0.15) is 5.75 Å². The lowest BCUT2D eigenvalue weighted by Gasteiger charge is -2.07. The molecule has 5 heteroatoms. The second kappa shape index (κ2) is 4.52. The first-order valence-electron chi connectivity index (χ1n) is 4.96. The maximum atomic E-state index is 11.8. The van der Waals surface area contributed by atoms with Crippen LogP contribution in [0, 0.1) is 0 Å². The zero-order valence-corrected chi connectivity index (χ0v) is 8.92. The van der Waals surface area contributed by atoms with Gasteiger partial charge in [0.2, 0.25) is 0 Å². The van der Waals surface area contributed by atoms with Gasteiger partial charge in [-0.25, -0.2) is 0 Å². The van der Waals surface area contributed by atoms with Crippen molar-refractivity contribution in [3.8, 4) is 5.75 Å². The molecule has 0 aliphatic rings. The average molecular weight is 229 g/mol. The largest absolute Gasteiger partial charge is 0.506 e. The van der Waals surface area contributed by atoms with Crippen molar-refractivity contribution in [3.05, 3.63) is 48.3 Å². The van der Waals surface area contributed by atoms with E-state index in [4.69, 9.17) is 5.73 Å². The summed E-state index contributed by atoms with van der Waals surface area (Å²) in [5.41, 5.74) is 6.98. The first-order valence-corrected chi connectivity index (χ1v) is 4.96. The Morgan fingerprint density at radius 3 is 2.76 bits per heavy atom. The highest BCUT2D eigenvalue weighted by atomic mass is 16.3. The Morgan fingerprint density at radius 2 is 2.06 bits per heavy atom. The summed E-state index contributed by atoms with van der Waals surface area (Å²) in [7, 11) is 0. The minimum atomic E-state index is -0.369. The average Bonchev–Trinajstić information content (AvgIpc) is 2.32. The van der Waals surface area contributed by atoms with Crippen LogP contribution in [0.4, 0.5) is 11.4 Å². The normalized spacial score (nSPS) is 9.88. The molecule has 0 aliphatic carbocycles. The predicted octanol–water partition coefficient (Wildman–Crippen LogP) is 1.62. The number of hydrogen-bond acceptors (Lipinski definition) is 4. The molecule has 0 atom stereocenters. The second-order valence-corrected chi connectivity index (χ2v) is 3.47. The molecule has 1 aromatic heterocycles. The molecule has 1 heterocycles. The number of para-hydroxylation sites is 2. The van der Waals surface area contributed by atoms with Crippen LogP contribution < -0.4 is 11.1 Å². The highest BCUT2D eigenvalue weighted by Gasteiger charge is 2.08. The van der Waals surface area contributed by atoms with Gasteiger partial charge in [-0.1, -0.05) is 12.1 Å². The quantitative estimate of drug-likeness (QED) is 0.683. The molecule has 1 aromatic carbocycles. The molecule has 5 nitrogen and oxygen atoms in total. The molecule has 1 amide bonds. The standard InChI is InChI=1S/C12H11N3O2/c13-10-3-1-2-4-11(10)15-12(17)8-5-9(16)7-14-6-8/h1-7,16H,13H2,(H,15,17). The first kappa shape index (κ1) is 10.9. The number of nitrogens with zero attached hydrogens (tertiary/aromatic N) is 1. The number of rotatable bonds is 2. The number of aromatic nitrogens is 1. The van der Waals surface area contributed by atoms with Crippen molar-refractivity contribution in [1.82, 2.24) is 4.98 Å². The molecule has 0 radical (unpaired) electrons. The Balaban J connectivity index is 2.20. The maximum absolute atomic E-state index is 11.8. The lowest BCUT2D eigenvalue weighted by molar-refractivity contribution is 0.102. The number of carbonyl (C=O) groups excluding carboxylic acids is 1. The van der Waals surface area contributed by atoms with Gasteiger partial charge in [-0.2, -0.15) is 0 Å². The fraction of sp³-hybridized carbons (Fsp3) is 0. The van der Waals surface area contributed by atoms with Crippen LogP contribution in [0.15, 0.2) is 42.7 Å². The van der Waals surface area contributed by atoms with Crippen molar-refractivity contribution in [2.24, 2.45) is 0 Å². The highest BCUT2D eigenvalue weighted by molar-refractivity contribution is 6.05. The summed E-state index contributed by atoms with van der Waals surface area (Å²) in [4.78, 5) is 15.5. The van der Waals surface area contributed by atoms with Crippen LogP contribution in [0.2, 0.25) is 0 Å². The monoisotopic (exact) mass is 229 g/mol. The summed E-state index contributed by atoms with van der Waals surface area (Å²) < 4.78 is 0. The van der Waals surface area contributed by atoms with Crippen molar-refractivity contribution in [1.29, 1.82) is 0 Å². The van der Waals surface area contributed by atoms with E-state index in [-0.39, 0.29) is 17.2 Å². The van der Waals surface area contributed by atoms with E-state index in [9.17, 15) is 9.90 Å². The van der Waals surface area contributed by atoms with Crippen LogP contribution >= 0.6 is 0 Å². The second-order valence-electron chi connectivity index (χ2n) is 3.47. The van der Waals surface area contributed by atoms with Crippen LogP contribution in [0.25, 0.3) is 0 Å². The van der Waals surface area contributed by atoms with Gasteiger partial charge in [0.25, 0.3) is 5.91 Å². The van der Waals surface area contributed by atoms with Crippen molar-refractivity contribution < 1.29 is 9.90 Å². The Kier molecular flexibility index (Phi) is 2.91. The van der Waals surface area contributed by atoms with Gasteiger partial charge < -0.3 is 16.2 Å². The zero-order chi connectivity index (χ0) is 12.3. The van der Waals surface area contributed by atoms with Crippen molar-refractivity contribution in [2.75, 3.05) is 11.1 Å². The number of aromatic hydroxyl groups is 1. The molecule has 0 saturated heterocycles. The van der Waals surface area contributed by atoms with Gasteiger partial charge in [-0.15, -0.1) is 0 Å². The Hall–Kier alpha value is -2.56. The molecular weight excluding hydrogens is 218 g/mol. The highest BCUT2D eigenvalue weighted by Crippen LogP contribution is 2.18. The zero-order valence-electron chi connectivity index (χ0n) is 8.92. The predicted molar refractivity (Wildman–Crippen MR) is 64.7 cm³/mol. The van der Waals surface area contributed by atoms with Crippen LogP contribution in [-0.2, 0) is 0 Å². The Labute approximate surface area is 97.9 Å². The number of nitrogen functional groups attached to an aromatic ring is 1. The van der Waals surface area contributed by atoms with E-state index in [2.05, 4.69) is 10.3 Å². The number of pyridine rings is 1. The number of hydrogen-bond donors (Lipinski definition) is 3. The molecule has 0 spiro atoms. The minimum Gasteiger partial charge on any atom is -0.506 e. The number of nitrogens with one attached hydrogen (secondary N) is 1. The van der Waals surface area contributed by atoms with Crippen LogP contribution in [0.5, 0.6) is 5.75 Å². The molecule has 0 aliphatic heterocycles. The van der Waals surface area contributed by atoms with Gasteiger partial charge in [0.05, 0.1) is 23.1 Å².